The second-order valence-electron chi connectivity index (χ2n) is 3.26. The first-order valence-electron chi connectivity index (χ1n) is 4.48. The molecule has 1 aromatic carbocycles. The minimum Gasteiger partial charge on any atom is -0.399 e. The second-order valence-corrected chi connectivity index (χ2v) is 3.26. The Kier molecular flexibility index (Phi) is 2.08. The van der Waals surface area contributed by atoms with Crippen molar-refractivity contribution in [3.8, 4) is 18.4 Å². The molecule has 3 nitrogen and oxygen atoms in total. The predicted octanol–water partition coefficient (Wildman–Crippen LogP) is 1.73. The molecule has 2 rings (SSSR count). The van der Waals surface area contributed by atoms with Crippen LogP contribution in [0.4, 0.5) is 5.69 Å². The van der Waals surface area contributed by atoms with Gasteiger partial charge in [0.2, 0.25) is 0 Å². The van der Waals surface area contributed by atoms with Crippen molar-refractivity contribution in [2.75, 3.05) is 5.73 Å². The smallest absolute Gasteiger partial charge is 0.101 e. The fourth-order valence-corrected chi connectivity index (χ4v) is 1.63. The minimum absolute atomic E-state index is 0.460. The number of hydrogen-bond donors (Lipinski definition) is 1. The van der Waals surface area contributed by atoms with Crippen LogP contribution in [0.3, 0.4) is 0 Å². The lowest BCUT2D eigenvalue weighted by atomic mass is 10.2. The number of hydrogen-bond acceptors (Lipinski definition) is 2. The highest BCUT2D eigenvalue weighted by Crippen LogP contribution is 2.23. The van der Waals surface area contributed by atoms with Crippen molar-refractivity contribution in [2.24, 2.45) is 0 Å². The molecule has 0 spiro atoms. The number of fused-ring (bicyclic) bond motifs is 1. The first kappa shape index (κ1) is 9.18. The molecule has 0 unspecified atom stereocenters. The zero-order valence-corrected chi connectivity index (χ0v) is 8.07. The van der Waals surface area contributed by atoms with Gasteiger partial charge in [0.15, 0.2) is 0 Å². The summed E-state index contributed by atoms with van der Waals surface area (Å²) in [5.41, 5.74) is 7.87. The number of benzene rings is 1. The molecule has 1 aromatic heterocycles. The fourth-order valence-electron chi connectivity index (χ4n) is 1.63. The maximum atomic E-state index is 8.95. The number of aromatic nitrogens is 1. The molecule has 72 valence electrons. The number of nitrogens with two attached hydrogens (primary N) is 1. The van der Waals surface area contributed by atoms with Gasteiger partial charge in [0.1, 0.15) is 6.07 Å². The number of nitriles is 1. The summed E-state index contributed by atoms with van der Waals surface area (Å²) < 4.78 is 1.87. The zero-order chi connectivity index (χ0) is 10.8. The molecule has 0 saturated heterocycles. The van der Waals surface area contributed by atoms with Crippen LogP contribution < -0.4 is 5.73 Å². The van der Waals surface area contributed by atoms with E-state index in [1.807, 2.05) is 10.6 Å². The van der Waals surface area contributed by atoms with Crippen molar-refractivity contribution < 1.29 is 0 Å². The lowest BCUT2D eigenvalue weighted by Gasteiger charge is -1.99. The molecule has 15 heavy (non-hydrogen) atoms. The Bertz CT molecular complexity index is 594. The van der Waals surface area contributed by atoms with Gasteiger partial charge in [-0.25, -0.2) is 0 Å². The molecule has 0 fully saturated rings. The highest BCUT2D eigenvalue weighted by molar-refractivity contribution is 5.89. The van der Waals surface area contributed by atoms with Crippen LogP contribution in [0.15, 0.2) is 24.4 Å². The Morgan fingerprint density at radius 3 is 2.93 bits per heavy atom. The van der Waals surface area contributed by atoms with Crippen molar-refractivity contribution in [1.82, 2.24) is 4.57 Å². The van der Waals surface area contributed by atoms with Crippen LogP contribution in [-0.4, -0.2) is 4.57 Å². The predicted molar refractivity (Wildman–Crippen MR) is 59.9 cm³/mol. The van der Waals surface area contributed by atoms with Gasteiger partial charge in [0.25, 0.3) is 0 Å². The van der Waals surface area contributed by atoms with Crippen LogP contribution in [0.1, 0.15) is 5.56 Å². The molecule has 0 saturated carbocycles. The van der Waals surface area contributed by atoms with E-state index in [4.69, 9.17) is 17.4 Å². The van der Waals surface area contributed by atoms with Crippen LogP contribution in [0.2, 0.25) is 0 Å². The third-order valence-electron chi connectivity index (χ3n) is 2.29. The summed E-state index contributed by atoms with van der Waals surface area (Å²) in [6.07, 6.45) is 7.01. The highest BCUT2D eigenvalue weighted by Gasteiger charge is 2.07. The van der Waals surface area contributed by atoms with Crippen LogP contribution in [0, 0.1) is 23.7 Å². The minimum atomic E-state index is 0.460. The molecule has 0 atom stereocenters. The second kappa shape index (κ2) is 3.40. The van der Waals surface area contributed by atoms with Crippen LogP contribution in [0.5, 0.6) is 0 Å². The summed E-state index contributed by atoms with van der Waals surface area (Å²) in [6.45, 7) is 0.460. The SMILES string of the molecule is C#CCn1cc(C#N)c2cc(N)ccc21. The maximum absolute atomic E-state index is 8.95. The van der Waals surface area contributed by atoms with E-state index >= 15 is 0 Å². The average molecular weight is 195 g/mol. The fraction of sp³-hybridized carbons (Fsp3) is 0.0833. The summed E-state index contributed by atoms with van der Waals surface area (Å²) >= 11 is 0. The quantitative estimate of drug-likeness (QED) is 0.556. The monoisotopic (exact) mass is 195 g/mol. The van der Waals surface area contributed by atoms with E-state index in [1.54, 1.807) is 18.3 Å². The van der Waals surface area contributed by atoms with Gasteiger partial charge in [0.05, 0.1) is 17.6 Å². The summed E-state index contributed by atoms with van der Waals surface area (Å²) in [4.78, 5) is 0. The number of nitrogen functional groups attached to an aromatic ring is 1. The molecule has 1 heterocycles. The molecule has 0 aliphatic rings. The van der Waals surface area contributed by atoms with Gasteiger partial charge in [-0.3, -0.25) is 0 Å². The molecule has 3 heteroatoms. The van der Waals surface area contributed by atoms with E-state index in [2.05, 4.69) is 12.0 Å². The molecule has 0 aliphatic carbocycles. The van der Waals surface area contributed by atoms with E-state index in [9.17, 15) is 0 Å². The van der Waals surface area contributed by atoms with E-state index in [-0.39, 0.29) is 0 Å². The number of rotatable bonds is 1. The van der Waals surface area contributed by atoms with Gasteiger partial charge in [-0.1, -0.05) is 5.92 Å². The Hall–Kier alpha value is -2.39. The number of terminal acetylenes is 1. The molecule has 0 amide bonds. The summed E-state index contributed by atoms with van der Waals surface area (Å²) in [7, 11) is 0. The highest BCUT2D eigenvalue weighted by atomic mass is 14.9. The van der Waals surface area contributed by atoms with E-state index in [0.29, 0.717) is 17.8 Å². The first-order valence-corrected chi connectivity index (χ1v) is 4.48. The van der Waals surface area contributed by atoms with Gasteiger partial charge in [-0.05, 0) is 18.2 Å². The average Bonchev–Trinajstić information content (AvgIpc) is 2.56. The van der Waals surface area contributed by atoms with E-state index in [0.717, 1.165) is 10.9 Å². The lowest BCUT2D eigenvalue weighted by molar-refractivity contribution is 0.885. The Morgan fingerprint density at radius 2 is 2.27 bits per heavy atom. The van der Waals surface area contributed by atoms with Crippen molar-refractivity contribution in [3.05, 3.63) is 30.0 Å². The zero-order valence-electron chi connectivity index (χ0n) is 8.07. The lowest BCUT2D eigenvalue weighted by Crippen LogP contribution is -1.92. The third kappa shape index (κ3) is 1.41. The van der Waals surface area contributed by atoms with Gasteiger partial charge >= 0.3 is 0 Å². The Balaban J connectivity index is 2.78. The van der Waals surface area contributed by atoms with Crippen molar-refractivity contribution in [2.45, 2.75) is 6.54 Å². The summed E-state index contributed by atoms with van der Waals surface area (Å²) in [5, 5.41) is 9.81. The molecule has 2 aromatic rings. The molecular formula is C12H9N3. The van der Waals surface area contributed by atoms with Gasteiger partial charge in [-0.15, -0.1) is 6.42 Å². The Labute approximate surface area is 87.7 Å². The number of anilines is 1. The molecule has 2 N–H and O–H groups in total. The molecule has 0 bridgehead atoms. The molecular weight excluding hydrogens is 186 g/mol. The van der Waals surface area contributed by atoms with Crippen molar-refractivity contribution in [3.63, 3.8) is 0 Å². The van der Waals surface area contributed by atoms with Gasteiger partial charge in [0, 0.05) is 17.3 Å². The Morgan fingerprint density at radius 1 is 1.47 bits per heavy atom. The summed E-state index contributed by atoms with van der Waals surface area (Å²) in [5.74, 6) is 2.55. The summed E-state index contributed by atoms with van der Waals surface area (Å²) in [6, 6.07) is 7.60. The standard InChI is InChI=1S/C12H9N3/c1-2-5-15-8-9(7-13)11-6-10(14)3-4-12(11)15/h1,3-4,6,8H,5,14H2. The van der Waals surface area contributed by atoms with Crippen molar-refractivity contribution in [1.29, 1.82) is 5.26 Å². The maximum Gasteiger partial charge on any atom is 0.101 e. The van der Waals surface area contributed by atoms with Gasteiger partial charge < -0.3 is 10.3 Å². The molecule has 0 aliphatic heterocycles. The van der Waals surface area contributed by atoms with Crippen molar-refractivity contribution >= 4 is 16.6 Å². The topological polar surface area (TPSA) is 54.7 Å². The van der Waals surface area contributed by atoms with E-state index in [1.165, 1.54) is 0 Å². The largest absolute Gasteiger partial charge is 0.399 e. The number of nitrogens with zero attached hydrogens (tertiary/aromatic N) is 2. The van der Waals surface area contributed by atoms with Crippen LogP contribution >= 0.6 is 0 Å². The van der Waals surface area contributed by atoms with Crippen LogP contribution in [0.25, 0.3) is 10.9 Å². The normalized spacial score (nSPS) is 9.73. The molecule has 0 radical (unpaired) electrons. The van der Waals surface area contributed by atoms with Crippen LogP contribution in [-0.2, 0) is 6.54 Å². The third-order valence-corrected chi connectivity index (χ3v) is 2.29. The van der Waals surface area contributed by atoms with E-state index < -0.39 is 0 Å². The first-order chi connectivity index (χ1) is 7.26. The van der Waals surface area contributed by atoms with Gasteiger partial charge in [-0.2, -0.15) is 5.26 Å².